The highest BCUT2D eigenvalue weighted by Gasteiger charge is 2.24. The van der Waals surface area contributed by atoms with Crippen molar-refractivity contribution in [2.75, 3.05) is 60.3 Å². The lowest BCUT2D eigenvalue weighted by atomic mass is 10.0. The highest BCUT2D eigenvalue weighted by atomic mass is 79.9. The number of carbonyl (C=O) groups is 4. The largest absolute Gasteiger partial charge is 0.497 e. The van der Waals surface area contributed by atoms with Crippen molar-refractivity contribution in [3.63, 3.8) is 0 Å². The first-order chi connectivity index (χ1) is 61.7. The van der Waals surface area contributed by atoms with E-state index in [1.165, 1.54) is 56.4 Å². The topological polar surface area (TPSA) is 274 Å². The van der Waals surface area contributed by atoms with E-state index in [-0.39, 0.29) is 40.0 Å². The average Bonchev–Trinajstić information content (AvgIpc) is 1.28. The van der Waals surface area contributed by atoms with Gasteiger partial charge in [-0.3, -0.25) is 9.59 Å². The van der Waals surface area contributed by atoms with E-state index in [9.17, 15) is 27.6 Å². The van der Waals surface area contributed by atoms with Gasteiger partial charge < -0.3 is 59.0 Å². The van der Waals surface area contributed by atoms with Gasteiger partial charge in [0, 0.05) is 46.2 Å². The van der Waals surface area contributed by atoms with Gasteiger partial charge in [0.1, 0.15) is 59.2 Å². The van der Waals surface area contributed by atoms with Gasteiger partial charge in [-0.05, 0) is 207 Å². The molecular formula is C97H119Br4ClN6O15S7. The molecule has 3 aromatic heterocycles. The number of nitrogens with two attached hydrogens (primary N) is 1. The number of alkyl carbamates (subject to hydrolysis) is 2. The second kappa shape index (κ2) is 60.5. The van der Waals surface area contributed by atoms with E-state index < -0.39 is 33.2 Å². The molecule has 8 aromatic carbocycles. The van der Waals surface area contributed by atoms with E-state index in [1.807, 2.05) is 181 Å². The Kier molecular flexibility index (Phi) is 52.5. The zero-order valence-corrected chi connectivity index (χ0v) is 88.9. The van der Waals surface area contributed by atoms with Crippen molar-refractivity contribution in [2.24, 2.45) is 17.6 Å². The van der Waals surface area contributed by atoms with Gasteiger partial charge in [-0.1, -0.05) is 217 Å². The highest BCUT2D eigenvalue weighted by molar-refractivity contribution is 9.11. The number of halogens is 5. The molecule has 0 aliphatic rings. The fraction of sp³-hybridized carbons (Fsp3) is 0.371. The molecule has 0 bridgehead atoms. The van der Waals surface area contributed by atoms with Crippen LogP contribution < -0.4 is 40.1 Å². The van der Waals surface area contributed by atoms with E-state index in [0.717, 1.165) is 140 Å². The zero-order chi connectivity index (χ0) is 94.3. The molecule has 130 heavy (non-hydrogen) atoms. The Labute approximate surface area is 832 Å². The minimum Gasteiger partial charge on any atom is -0.497 e. The lowest BCUT2D eigenvalue weighted by molar-refractivity contribution is -0.145. The second-order valence-corrected chi connectivity index (χ2v) is 43.9. The molecule has 11 rings (SSSR count). The van der Waals surface area contributed by atoms with Crippen LogP contribution in [0.5, 0.6) is 28.7 Å². The van der Waals surface area contributed by atoms with Crippen molar-refractivity contribution < 1.29 is 70.2 Å². The molecule has 2 atom stereocenters. The van der Waals surface area contributed by atoms with Gasteiger partial charge in [-0.2, -0.15) is 0 Å². The van der Waals surface area contributed by atoms with Crippen LogP contribution in [-0.4, -0.2) is 119 Å². The maximum atomic E-state index is 12.9. The van der Waals surface area contributed by atoms with Gasteiger partial charge in [0.15, 0.2) is 0 Å². The fourth-order valence-corrected chi connectivity index (χ4v) is 21.0. The van der Waals surface area contributed by atoms with Gasteiger partial charge in [-0.25, -0.2) is 33.0 Å². The van der Waals surface area contributed by atoms with Gasteiger partial charge >= 0.3 is 24.1 Å². The predicted molar refractivity (Wildman–Crippen MR) is 548 cm³/mol. The number of hydrogen-bond acceptors (Lipinski definition) is 25. The van der Waals surface area contributed by atoms with Crippen molar-refractivity contribution in [1.82, 2.24) is 25.6 Å². The predicted octanol–water partition coefficient (Wildman–Crippen LogP) is 28.0. The molecule has 2 amide bonds. The summed E-state index contributed by atoms with van der Waals surface area (Å²) in [5.74, 6) is 5.98. The van der Waals surface area contributed by atoms with Gasteiger partial charge in [0.2, 0.25) is 9.84 Å². The number of unbranched alkanes of at least 4 members (excludes halogenated alkanes) is 2. The van der Waals surface area contributed by atoms with Crippen molar-refractivity contribution in [2.45, 2.75) is 192 Å². The maximum absolute atomic E-state index is 12.9. The molecule has 0 aliphatic carbocycles. The minimum absolute atomic E-state index is 0. The summed E-state index contributed by atoms with van der Waals surface area (Å²) in [7, 11) is 4.49. The molecule has 11 aromatic rings. The summed E-state index contributed by atoms with van der Waals surface area (Å²) < 4.78 is 78.6. The molecule has 33 heteroatoms. The molecule has 0 saturated heterocycles. The molecule has 0 spiro atoms. The van der Waals surface area contributed by atoms with Crippen LogP contribution in [0, 0.1) is 11.8 Å². The fourth-order valence-electron chi connectivity index (χ4n) is 11.5. The Hall–Kier alpha value is -7.70. The third-order valence-corrected chi connectivity index (χ3v) is 28.2. The number of esters is 2. The number of carbonyl (C=O) groups excluding carboxylic acids is 4. The van der Waals surface area contributed by atoms with Crippen LogP contribution in [0.1, 0.15) is 148 Å². The van der Waals surface area contributed by atoms with Crippen molar-refractivity contribution in [1.29, 1.82) is 0 Å². The molecule has 3 heterocycles. The van der Waals surface area contributed by atoms with E-state index >= 15 is 0 Å². The second-order valence-electron chi connectivity index (χ2n) is 30.5. The van der Waals surface area contributed by atoms with Gasteiger partial charge in [0.05, 0.1) is 106 Å². The lowest BCUT2D eigenvalue weighted by Gasteiger charge is -2.19. The Balaban J connectivity index is 0.000000283. The summed E-state index contributed by atoms with van der Waals surface area (Å²) in [5.41, 5.74) is 10.7. The molecule has 0 fully saturated rings. The zero-order valence-electron chi connectivity index (χ0n) is 76.0. The number of nitrogens with one attached hydrogen (secondary N) is 2. The molecule has 21 nitrogen and oxygen atoms in total. The molecule has 4 N–H and O–H groups in total. The molecule has 2 unspecified atom stereocenters. The third kappa shape index (κ3) is 44.0. The summed E-state index contributed by atoms with van der Waals surface area (Å²) in [6, 6.07) is 59.0. The number of sulfone groups is 1. The maximum Gasteiger partial charge on any atom is 0.408 e. The molecule has 0 saturated carbocycles. The summed E-state index contributed by atoms with van der Waals surface area (Å²) in [6.07, 6.45) is 14.1. The minimum atomic E-state index is -3.67. The summed E-state index contributed by atoms with van der Waals surface area (Å²) in [4.78, 5) is 62.9. The van der Waals surface area contributed by atoms with Crippen LogP contribution >= 0.6 is 145 Å². The van der Waals surface area contributed by atoms with E-state index in [0.29, 0.717) is 73.2 Å². The number of nitrogens with zero attached hydrogens (tertiary/aromatic N) is 3. The van der Waals surface area contributed by atoms with E-state index in [2.05, 4.69) is 153 Å². The van der Waals surface area contributed by atoms with Crippen LogP contribution in [0.25, 0.3) is 33.4 Å². The van der Waals surface area contributed by atoms with Gasteiger partial charge in [-0.15, -0.1) is 69.9 Å². The smallest absolute Gasteiger partial charge is 0.408 e. The van der Waals surface area contributed by atoms with Crippen LogP contribution in [0.15, 0.2) is 246 Å². The summed E-state index contributed by atoms with van der Waals surface area (Å²) in [5, 5.41) is 7.62. The number of rotatable bonds is 37. The van der Waals surface area contributed by atoms with Gasteiger partial charge in [0.25, 0.3) is 0 Å². The number of thiazole rings is 3. The van der Waals surface area contributed by atoms with E-state index in [4.69, 9.17) is 48.4 Å². The first-order valence-electron chi connectivity index (χ1n) is 41.9. The number of aromatic nitrogens is 3. The number of amides is 2. The Morgan fingerprint density at radius 1 is 0.454 bits per heavy atom. The van der Waals surface area contributed by atoms with Crippen molar-refractivity contribution in [3.8, 4) is 62.1 Å². The van der Waals surface area contributed by atoms with Crippen LogP contribution in [0.2, 0.25) is 0 Å². The SMILES string of the molecule is CC(C)(C)OC(=O)NCc1ncc(Br)s1.CCCCC(CC)COC(=O)CCSc1cc(Br)cc(OC)c1.CCCCC(CC)COC(=O)CCSc1cc(OC)cc(-c2ccccc2)c1.COc1cc(-c2ccccc2)cc(S(=O)(=O)c2cnc(CN)s2)c1.COc1cc(Br)cc(Br)c1.COc1cc(Sc2cnc(CNC(=O)OC(C)(C)C)s2)cc(-c2ccccc2)c1.Cl. The average molecular weight is 2190 g/mol. The van der Waals surface area contributed by atoms with Crippen molar-refractivity contribution in [3.05, 3.63) is 233 Å². The molecule has 0 radical (unpaired) electrons. The Bertz CT molecular complexity index is 5300. The number of ether oxygens (including phenoxy) is 9. The highest BCUT2D eigenvalue weighted by Crippen LogP contribution is 2.39. The first kappa shape index (κ1) is 113. The third-order valence-electron chi connectivity index (χ3n) is 18.1. The van der Waals surface area contributed by atoms with E-state index in [1.54, 1.807) is 87.3 Å². The number of thioether (sulfide) groups is 2. The summed E-state index contributed by atoms with van der Waals surface area (Å²) >= 11 is 22.5. The molecule has 704 valence electrons. The monoisotopic (exact) mass is 2180 g/mol. The standard InChI is InChI=1S/C24H32O3S.C22H24N2O3S2.C18H27BrO3S.C17H16N2O3S2.C9H13BrN2O2S.C7H6Br2O.ClH/c1-4-6-10-19(5-2)18-27-24(25)13-14-28-23-16-21(15-22(17-23)26-3)20-11-8-7-9-12-20;1-22(2,3)27-21(25)24-13-19-23-14-20(29-19)28-18-11-16(10-17(12-18)26-4)15-8-6-5-7-9-15;1-4-6-7-14(5-2)13-22-18(20)8-9-23-17-11-15(19)10-16(12-17)21-3;1-22-14-7-13(12-5-3-2-4-6-12)8-15(9-14)24(20,21)17-11-19-16(10-18)23-17;1-9(2,3)14-8(13)12-5-7-11-4-6(10)15-7;1-10-7-3-5(8)2-6(9)4-7;/h7-9,11-12,15-17,19H,4-6,10,13-14,18H2,1-3H3;5-12,14H,13H2,1-4H3,(H,24,25);10-12,14H,4-9,13H2,1-3H3;2-9,11H,10,18H2,1H3;4H,5H2,1-3H3,(H,12,13);2-4H,1H3;1H. The lowest BCUT2D eigenvalue weighted by Crippen LogP contribution is -2.32. The Morgan fingerprint density at radius 3 is 1.25 bits per heavy atom. The number of methoxy groups -OCH3 is 5. The first-order valence-corrected chi connectivity index (χ1v) is 51.8. The molecule has 0 aliphatic heterocycles. The number of hydrogen-bond donors (Lipinski definition) is 3. The number of benzene rings is 8. The van der Waals surface area contributed by atoms with Crippen LogP contribution in [0.3, 0.4) is 0 Å². The summed E-state index contributed by atoms with van der Waals surface area (Å²) in [6.45, 7) is 21.8. The molecular weight excluding hydrogens is 2070 g/mol. The Morgan fingerprint density at radius 2 is 0.838 bits per heavy atom. The van der Waals surface area contributed by atoms with Crippen LogP contribution in [0.4, 0.5) is 9.59 Å². The quantitative estimate of drug-likeness (QED) is 0.0185. The van der Waals surface area contributed by atoms with Crippen LogP contribution in [-0.2, 0) is 58.0 Å². The normalized spacial score (nSPS) is 11.3. The van der Waals surface area contributed by atoms with Crippen molar-refractivity contribution >= 4 is 179 Å².